The number of rotatable bonds is 5. The number of aromatic carboxylic acids is 1. The van der Waals surface area contributed by atoms with Crippen LogP contribution in [0, 0.1) is 0 Å². The van der Waals surface area contributed by atoms with Crippen molar-refractivity contribution in [1.82, 2.24) is 20.6 Å². The summed E-state index contributed by atoms with van der Waals surface area (Å²) in [5.74, 6) is -0.368. The average molecular weight is 295 g/mol. The maximum atomic E-state index is 10.8. The van der Waals surface area contributed by atoms with Crippen molar-refractivity contribution in [3.63, 3.8) is 0 Å². The minimum absolute atomic E-state index is 0.273. The summed E-state index contributed by atoms with van der Waals surface area (Å²) >= 11 is 0. The third-order valence-electron chi connectivity index (χ3n) is 3.19. The number of carboxylic acids is 1. The Morgan fingerprint density at radius 2 is 1.82 bits per heavy atom. The van der Waals surface area contributed by atoms with E-state index in [0.29, 0.717) is 12.4 Å². The van der Waals surface area contributed by atoms with Crippen molar-refractivity contribution in [3.8, 4) is 11.4 Å². The SMILES string of the molecule is O=C(O)c1ccc(NCc2ccc(-c3nn[nH]n3)cc2)cc1. The quantitative estimate of drug-likeness (QED) is 0.666. The molecule has 0 amide bonds. The lowest BCUT2D eigenvalue weighted by Crippen LogP contribution is -2.00. The van der Waals surface area contributed by atoms with E-state index in [1.807, 2.05) is 24.3 Å². The maximum Gasteiger partial charge on any atom is 0.335 e. The first-order chi connectivity index (χ1) is 10.7. The molecule has 0 bridgehead atoms. The number of aromatic nitrogens is 4. The first-order valence-corrected chi connectivity index (χ1v) is 6.62. The molecule has 0 aliphatic rings. The molecule has 0 radical (unpaired) electrons. The number of hydrogen-bond donors (Lipinski definition) is 3. The first-order valence-electron chi connectivity index (χ1n) is 6.62. The van der Waals surface area contributed by atoms with Crippen molar-refractivity contribution in [2.45, 2.75) is 6.54 Å². The monoisotopic (exact) mass is 295 g/mol. The molecule has 0 saturated heterocycles. The van der Waals surface area contributed by atoms with E-state index < -0.39 is 5.97 Å². The van der Waals surface area contributed by atoms with Gasteiger partial charge < -0.3 is 10.4 Å². The third kappa shape index (κ3) is 3.09. The van der Waals surface area contributed by atoms with Gasteiger partial charge in [0.1, 0.15) is 0 Å². The molecular formula is C15H13N5O2. The van der Waals surface area contributed by atoms with Crippen LogP contribution in [0.2, 0.25) is 0 Å². The zero-order chi connectivity index (χ0) is 15.4. The van der Waals surface area contributed by atoms with Gasteiger partial charge in [0, 0.05) is 17.8 Å². The summed E-state index contributed by atoms with van der Waals surface area (Å²) in [5.41, 5.74) is 3.13. The zero-order valence-corrected chi connectivity index (χ0v) is 11.5. The number of H-pyrrole nitrogens is 1. The van der Waals surface area contributed by atoms with E-state index in [1.54, 1.807) is 24.3 Å². The van der Waals surface area contributed by atoms with Gasteiger partial charge in [0.05, 0.1) is 5.56 Å². The summed E-state index contributed by atoms with van der Waals surface area (Å²) in [7, 11) is 0. The van der Waals surface area contributed by atoms with Crippen molar-refractivity contribution in [3.05, 3.63) is 59.7 Å². The number of benzene rings is 2. The fourth-order valence-electron chi connectivity index (χ4n) is 1.99. The van der Waals surface area contributed by atoms with Gasteiger partial charge in [-0.15, -0.1) is 10.2 Å². The highest BCUT2D eigenvalue weighted by molar-refractivity contribution is 5.87. The lowest BCUT2D eigenvalue weighted by atomic mass is 10.1. The second-order valence-electron chi connectivity index (χ2n) is 4.67. The molecule has 22 heavy (non-hydrogen) atoms. The Morgan fingerprint density at radius 3 is 2.41 bits per heavy atom. The molecule has 3 N–H and O–H groups in total. The zero-order valence-electron chi connectivity index (χ0n) is 11.5. The molecule has 3 aromatic rings. The minimum atomic E-state index is -0.927. The molecular weight excluding hydrogens is 282 g/mol. The van der Waals surface area contributed by atoms with Crippen molar-refractivity contribution in [2.24, 2.45) is 0 Å². The number of carbonyl (C=O) groups is 1. The van der Waals surface area contributed by atoms with Crippen LogP contribution in [-0.2, 0) is 6.54 Å². The molecule has 0 atom stereocenters. The summed E-state index contributed by atoms with van der Waals surface area (Å²) in [4.78, 5) is 10.8. The summed E-state index contributed by atoms with van der Waals surface area (Å²) in [5, 5.41) is 25.9. The highest BCUT2D eigenvalue weighted by Gasteiger charge is 2.03. The van der Waals surface area contributed by atoms with Gasteiger partial charge in [-0.2, -0.15) is 5.21 Å². The summed E-state index contributed by atoms with van der Waals surface area (Å²) < 4.78 is 0. The molecule has 7 heteroatoms. The molecule has 0 saturated carbocycles. The Kier molecular flexibility index (Phi) is 3.78. The average Bonchev–Trinajstić information content (AvgIpc) is 3.08. The maximum absolute atomic E-state index is 10.8. The van der Waals surface area contributed by atoms with Gasteiger partial charge in [0.2, 0.25) is 5.82 Å². The Hall–Kier alpha value is -3.22. The van der Waals surface area contributed by atoms with Crippen LogP contribution in [0.5, 0.6) is 0 Å². The van der Waals surface area contributed by atoms with Gasteiger partial charge in [0.25, 0.3) is 0 Å². The molecule has 0 fully saturated rings. The van der Waals surface area contributed by atoms with Crippen molar-refractivity contribution in [1.29, 1.82) is 0 Å². The van der Waals surface area contributed by atoms with Crippen LogP contribution >= 0.6 is 0 Å². The van der Waals surface area contributed by atoms with Gasteiger partial charge in [-0.05, 0) is 35.0 Å². The van der Waals surface area contributed by atoms with E-state index in [1.165, 1.54) is 0 Å². The highest BCUT2D eigenvalue weighted by Crippen LogP contribution is 2.15. The van der Waals surface area contributed by atoms with Gasteiger partial charge in [-0.25, -0.2) is 4.79 Å². The fraction of sp³-hybridized carbons (Fsp3) is 0.0667. The molecule has 110 valence electrons. The molecule has 1 heterocycles. The van der Waals surface area contributed by atoms with Crippen LogP contribution in [0.25, 0.3) is 11.4 Å². The van der Waals surface area contributed by atoms with Crippen LogP contribution in [0.1, 0.15) is 15.9 Å². The predicted molar refractivity (Wildman–Crippen MR) is 80.3 cm³/mol. The van der Waals surface area contributed by atoms with E-state index in [0.717, 1.165) is 16.8 Å². The van der Waals surface area contributed by atoms with Crippen LogP contribution in [-0.4, -0.2) is 31.7 Å². The Bertz CT molecular complexity index is 752. The summed E-state index contributed by atoms with van der Waals surface area (Å²) in [6.45, 7) is 0.638. The number of hydrogen-bond acceptors (Lipinski definition) is 5. The Balaban J connectivity index is 1.63. The molecule has 3 rings (SSSR count). The molecule has 1 aromatic heterocycles. The predicted octanol–water partition coefficient (Wildman–Crippen LogP) is 2.18. The largest absolute Gasteiger partial charge is 0.478 e. The summed E-state index contributed by atoms with van der Waals surface area (Å²) in [6, 6.07) is 14.4. The Labute approximate surface area is 126 Å². The first kappa shape index (κ1) is 13.7. The number of anilines is 1. The van der Waals surface area contributed by atoms with Crippen molar-refractivity contribution >= 4 is 11.7 Å². The highest BCUT2D eigenvalue weighted by atomic mass is 16.4. The second kappa shape index (κ2) is 6.04. The molecule has 0 unspecified atom stereocenters. The number of tetrazole rings is 1. The van der Waals surface area contributed by atoms with Gasteiger partial charge in [-0.1, -0.05) is 24.3 Å². The van der Waals surface area contributed by atoms with E-state index in [4.69, 9.17) is 5.11 Å². The topological polar surface area (TPSA) is 104 Å². The molecule has 0 spiro atoms. The van der Waals surface area contributed by atoms with Crippen LogP contribution < -0.4 is 5.32 Å². The van der Waals surface area contributed by atoms with Crippen LogP contribution in [0.15, 0.2) is 48.5 Å². The van der Waals surface area contributed by atoms with Gasteiger partial charge >= 0.3 is 5.97 Å². The van der Waals surface area contributed by atoms with E-state index in [-0.39, 0.29) is 5.56 Å². The third-order valence-corrected chi connectivity index (χ3v) is 3.19. The van der Waals surface area contributed by atoms with E-state index in [2.05, 4.69) is 25.9 Å². The number of aromatic amines is 1. The van der Waals surface area contributed by atoms with Gasteiger partial charge in [0.15, 0.2) is 0 Å². The number of nitrogens with one attached hydrogen (secondary N) is 2. The van der Waals surface area contributed by atoms with Crippen LogP contribution in [0.4, 0.5) is 5.69 Å². The lowest BCUT2D eigenvalue weighted by Gasteiger charge is -2.07. The molecule has 0 aliphatic carbocycles. The van der Waals surface area contributed by atoms with Crippen molar-refractivity contribution in [2.75, 3.05) is 5.32 Å². The smallest absolute Gasteiger partial charge is 0.335 e. The molecule has 2 aromatic carbocycles. The Morgan fingerprint density at radius 1 is 1.09 bits per heavy atom. The normalized spacial score (nSPS) is 10.4. The minimum Gasteiger partial charge on any atom is -0.478 e. The van der Waals surface area contributed by atoms with Gasteiger partial charge in [-0.3, -0.25) is 0 Å². The standard InChI is InChI=1S/C15H13N5O2/c21-15(22)12-5-7-13(8-6-12)16-9-10-1-3-11(4-2-10)14-17-19-20-18-14/h1-8,16H,9H2,(H,21,22)(H,17,18,19,20). The van der Waals surface area contributed by atoms with Crippen molar-refractivity contribution < 1.29 is 9.90 Å². The molecule has 7 nitrogen and oxygen atoms in total. The second-order valence-corrected chi connectivity index (χ2v) is 4.67. The van der Waals surface area contributed by atoms with Crippen LogP contribution in [0.3, 0.4) is 0 Å². The fourth-order valence-corrected chi connectivity index (χ4v) is 1.99. The lowest BCUT2D eigenvalue weighted by molar-refractivity contribution is 0.0697. The molecule has 0 aliphatic heterocycles. The summed E-state index contributed by atoms with van der Waals surface area (Å²) in [6.07, 6.45) is 0. The van der Waals surface area contributed by atoms with E-state index in [9.17, 15) is 4.79 Å². The number of carboxylic acid groups (broad SMARTS) is 1. The number of nitrogens with zero attached hydrogens (tertiary/aromatic N) is 3. The van der Waals surface area contributed by atoms with E-state index >= 15 is 0 Å².